The molecule has 4 aliphatic carbocycles. The minimum atomic E-state index is -2.21. The summed E-state index contributed by atoms with van der Waals surface area (Å²) >= 11 is 0. The molecule has 0 radical (unpaired) electrons. The third-order valence-electron chi connectivity index (χ3n) is 18.2. The van der Waals surface area contributed by atoms with Crippen LogP contribution < -0.4 is 11.4 Å². The van der Waals surface area contributed by atoms with E-state index in [1.54, 1.807) is 0 Å². The molecule has 6 aliphatic rings. The van der Waals surface area contributed by atoms with Crippen LogP contribution in [-0.2, 0) is 29.5 Å². The number of esters is 1. The van der Waals surface area contributed by atoms with E-state index >= 15 is 9.59 Å². The number of allylic oxidation sites excluding steroid dienone is 2. The van der Waals surface area contributed by atoms with Crippen LogP contribution in [0.25, 0.3) is 5.69 Å². The molecule has 3 fully saturated rings. The van der Waals surface area contributed by atoms with Crippen LogP contribution in [0.3, 0.4) is 0 Å². The number of hydrogen-bond acceptors (Lipinski definition) is 7. The van der Waals surface area contributed by atoms with Gasteiger partial charge in [0.15, 0.2) is 16.6 Å². The number of ether oxygens (including phenoxy) is 1. The Balaban J connectivity index is 1.37. The standard InChI is InChI=1S/C49H79N3O7Si2/c1-32(22-25-39(45(9,10)56)59-61(15,16)44(6,7)8)36-23-24-38-46(36,11)31-37(57-33(2)53)40-47(12)27-26-35(58-60(13,14)43(3,4)5)30-48(47)28-29-49(38,40)52-42(55)50(41(54)51(48)52)34-20-18-17-19-21-34/h17-21,28-29,32,35-40,56H,22-27,30-31H2,1-16H3/t32-,35+,36-,37-,38-,39-,40-,46-,47-,48-,49+/m1/s1. The summed E-state index contributed by atoms with van der Waals surface area (Å²) in [4.78, 5) is 44.2. The van der Waals surface area contributed by atoms with Crippen molar-refractivity contribution in [2.24, 2.45) is 34.5 Å². The molecule has 61 heavy (non-hydrogen) atoms. The van der Waals surface area contributed by atoms with Gasteiger partial charge in [0.25, 0.3) is 0 Å². The van der Waals surface area contributed by atoms with Crippen LogP contribution in [0, 0.1) is 34.5 Å². The summed E-state index contributed by atoms with van der Waals surface area (Å²) in [5.41, 5.74) is -3.77. The molecule has 11 atom stereocenters. The van der Waals surface area contributed by atoms with E-state index in [-0.39, 0.29) is 68.7 Å². The Morgan fingerprint density at radius 2 is 1.46 bits per heavy atom. The van der Waals surface area contributed by atoms with Gasteiger partial charge in [0.1, 0.15) is 6.10 Å². The van der Waals surface area contributed by atoms with E-state index in [2.05, 4.69) is 101 Å². The Labute approximate surface area is 368 Å². The molecule has 10 nitrogen and oxygen atoms in total. The highest BCUT2D eigenvalue weighted by Gasteiger charge is 2.78. The van der Waals surface area contributed by atoms with Gasteiger partial charge in [-0.25, -0.2) is 23.5 Å². The second-order valence-electron chi connectivity index (χ2n) is 24.3. The number of aliphatic hydroxyl groups is 1. The van der Waals surface area contributed by atoms with Crippen LogP contribution in [0.5, 0.6) is 0 Å². The summed E-state index contributed by atoms with van der Waals surface area (Å²) in [6.07, 6.45) is 10.0. The number of nitrogens with zero attached hydrogens (tertiary/aromatic N) is 3. The fourth-order valence-corrected chi connectivity index (χ4v) is 16.0. The van der Waals surface area contributed by atoms with Gasteiger partial charge in [0.2, 0.25) is 0 Å². The van der Waals surface area contributed by atoms with Gasteiger partial charge >= 0.3 is 17.3 Å². The maximum absolute atomic E-state index is 15.5. The van der Waals surface area contributed by atoms with Crippen molar-refractivity contribution >= 4 is 22.6 Å². The van der Waals surface area contributed by atoms with E-state index in [1.807, 2.05) is 53.5 Å². The summed E-state index contributed by atoms with van der Waals surface area (Å²) in [5, 5.41) is 11.5. The topological polar surface area (TPSA) is 114 Å². The zero-order chi connectivity index (χ0) is 45.3. The third kappa shape index (κ3) is 6.96. The first kappa shape index (κ1) is 46.5. The van der Waals surface area contributed by atoms with Crippen molar-refractivity contribution in [2.45, 2.75) is 206 Å². The van der Waals surface area contributed by atoms with Gasteiger partial charge in [-0.2, -0.15) is 0 Å². The van der Waals surface area contributed by atoms with Crippen molar-refractivity contribution in [3.8, 4) is 5.69 Å². The summed E-state index contributed by atoms with van der Waals surface area (Å²) in [5.74, 6) is -0.0473. The maximum atomic E-state index is 15.5. The molecule has 0 amide bonds. The number of carbonyl (C=O) groups excluding carboxylic acids is 1. The van der Waals surface area contributed by atoms with E-state index in [9.17, 15) is 9.90 Å². The molecule has 3 saturated carbocycles. The molecule has 2 spiro atoms. The Morgan fingerprint density at radius 3 is 2.03 bits per heavy atom. The van der Waals surface area contributed by atoms with E-state index in [0.717, 1.165) is 38.5 Å². The molecular formula is C49H79N3O7Si2. The summed E-state index contributed by atoms with van der Waals surface area (Å²) in [6, 6.07) is 9.34. The van der Waals surface area contributed by atoms with Gasteiger partial charge in [-0.15, -0.1) is 0 Å². The molecule has 12 heteroatoms. The minimum Gasteiger partial charge on any atom is -0.462 e. The van der Waals surface area contributed by atoms with Crippen molar-refractivity contribution in [2.75, 3.05) is 0 Å². The van der Waals surface area contributed by atoms with Crippen LogP contribution in [-0.4, -0.2) is 65.6 Å². The van der Waals surface area contributed by atoms with Crippen LogP contribution in [0.15, 0.2) is 52.1 Å². The van der Waals surface area contributed by atoms with Crippen molar-refractivity contribution in [3.05, 3.63) is 63.5 Å². The van der Waals surface area contributed by atoms with Crippen LogP contribution >= 0.6 is 0 Å². The quantitative estimate of drug-likeness (QED) is 0.136. The molecule has 8 rings (SSSR count). The lowest BCUT2D eigenvalue weighted by Gasteiger charge is -2.72. The lowest BCUT2D eigenvalue weighted by molar-refractivity contribution is -0.242. The molecule has 340 valence electrons. The second-order valence-corrected chi connectivity index (χ2v) is 33.8. The Bertz CT molecular complexity index is 2150. The average Bonchev–Trinajstić information content (AvgIpc) is 3.62. The fourth-order valence-electron chi connectivity index (χ4n) is 13.2. The minimum absolute atomic E-state index is 0.000345. The number of rotatable bonds is 11. The van der Waals surface area contributed by atoms with E-state index in [4.69, 9.17) is 13.6 Å². The van der Waals surface area contributed by atoms with Crippen molar-refractivity contribution in [3.63, 3.8) is 0 Å². The van der Waals surface area contributed by atoms with E-state index in [1.165, 1.54) is 11.5 Å². The normalized spacial score (nSPS) is 34.6. The summed E-state index contributed by atoms with van der Waals surface area (Å²) < 4.78 is 25.9. The smallest absolute Gasteiger partial charge is 0.352 e. The number of fused-ring (bicyclic) bond motifs is 1. The number of aromatic nitrogens is 3. The number of carbonyl (C=O) groups is 1. The zero-order valence-corrected chi connectivity index (χ0v) is 42.5. The van der Waals surface area contributed by atoms with Gasteiger partial charge in [0, 0.05) is 30.8 Å². The SMILES string of the molecule is CC(=O)O[C@@H]1C[C@]2(C)[C@@H]([C@H](C)CC[C@@H](O[Si](C)(C)C(C)(C)C)C(C)(C)O)CC[C@H]2[C@@]23C=C[C@]4(C[C@@H](O[Si](C)(C)C(C)(C)C)CC[C@]4(C)[C@@H]12)n1c(=O)n(-c2ccccc2)c(=O)n13. The highest BCUT2D eigenvalue weighted by molar-refractivity contribution is 6.74. The second kappa shape index (κ2) is 14.8. The highest BCUT2D eigenvalue weighted by atomic mass is 28.4. The Morgan fingerprint density at radius 1 is 0.852 bits per heavy atom. The first-order valence-electron chi connectivity index (χ1n) is 23.4. The molecule has 2 bridgehead atoms. The largest absolute Gasteiger partial charge is 0.462 e. The number of para-hydroxylation sites is 1. The van der Waals surface area contributed by atoms with Crippen LogP contribution in [0.4, 0.5) is 0 Å². The van der Waals surface area contributed by atoms with Crippen LogP contribution in [0.2, 0.25) is 36.3 Å². The van der Waals surface area contributed by atoms with Gasteiger partial charge in [-0.1, -0.05) is 92.7 Å². The fraction of sp³-hybridized carbons (Fsp3) is 0.776. The summed E-state index contributed by atoms with van der Waals surface area (Å²) in [6.45, 7) is 34.9. The Kier molecular flexibility index (Phi) is 11.2. The third-order valence-corrected chi connectivity index (χ3v) is 27.2. The molecule has 0 saturated heterocycles. The van der Waals surface area contributed by atoms with Gasteiger partial charge in [-0.05, 0) is 130 Å². The lowest BCUT2D eigenvalue weighted by atomic mass is 9.39. The van der Waals surface area contributed by atoms with Gasteiger partial charge in [0.05, 0.1) is 28.5 Å². The number of benzene rings is 1. The zero-order valence-electron chi connectivity index (χ0n) is 40.5. The predicted molar refractivity (Wildman–Crippen MR) is 248 cm³/mol. The molecule has 2 aliphatic heterocycles. The molecule has 1 aromatic carbocycles. The van der Waals surface area contributed by atoms with Crippen LogP contribution in [0.1, 0.15) is 134 Å². The average molecular weight is 878 g/mol. The predicted octanol–water partition coefficient (Wildman–Crippen LogP) is 9.92. The monoisotopic (exact) mass is 878 g/mol. The highest BCUT2D eigenvalue weighted by Crippen LogP contribution is 2.74. The Hall–Kier alpha value is -2.52. The molecule has 1 N–H and O–H groups in total. The molecule has 2 aromatic rings. The first-order chi connectivity index (χ1) is 27.9. The molecule has 1 aromatic heterocycles. The lowest BCUT2D eigenvalue weighted by Crippen LogP contribution is -2.79. The van der Waals surface area contributed by atoms with Crippen molar-refractivity contribution in [1.82, 2.24) is 13.9 Å². The maximum Gasteiger partial charge on any atom is 0.352 e. The number of hydrogen-bond donors (Lipinski definition) is 1. The molecule has 3 heterocycles. The molecular weight excluding hydrogens is 799 g/mol. The molecule has 0 unspecified atom stereocenters. The van der Waals surface area contributed by atoms with Crippen molar-refractivity contribution in [1.29, 1.82) is 0 Å². The van der Waals surface area contributed by atoms with Gasteiger partial charge < -0.3 is 18.7 Å². The van der Waals surface area contributed by atoms with E-state index < -0.39 is 44.8 Å². The first-order valence-corrected chi connectivity index (χ1v) is 29.2. The summed E-state index contributed by atoms with van der Waals surface area (Å²) in [7, 11) is -4.38. The van der Waals surface area contributed by atoms with E-state index in [0.29, 0.717) is 18.5 Å². The van der Waals surface area contributed by atoms with Gasteiger partial charge in [-0.3, -0.25) is 4.79 Å². The van der Waals surface area contributed by atoms with Crippen molar-refractivity contribution < 1.29 is 23.5 Å².